The van der Waals surface area contributed by atoms with E-state index in [1.807, 2.05) is 0 Å². The van der Waals surface area contributed by atoms with Crippen molar-refractivity contribution in [3.63, 3.8) is 0 Å². The van der Waals surface area contributed by atoms with Gasteiger partial charge < -0.3 is 9.72 Å². The summed E-state index contributed by atoms with van der Waals surface area (Å²) in [5.74, 6) is -0.245. The first-order chi connectivity index (χ1) is 9.37. The van der Waals surface area contributed by atoms with Crippen LogP contribution in [0.15, 0.2) is 35.1 Å². The number of hydrogen-bond acceptors (Lipinski definition) is 3. The number of rotatable bonds is 3. The van der Waals surface area contributed by atoms with Crippen LogP contribution in [0.3, 0.4) is 0 Å². The molecule has 0 aliphatic rings. The van der Waals surface area contributed by atoms with Gasteiger partial charge in [-0.05, 0) is 12.1 Å². The molecular weight excluding hydrogens is 297 g/mol. The molecule has 0 radical (unpaired) electrons. The number of alkyl halides is 4. The second kappa shape index (κ2) is 5.54. The number of hydrogen-bond donors (Lipinski definition) is 1. The lowest BCUT2D eigenvalue weighted by atomic mass is 10.2. The van der Waals surface area contributed by atoms with Crippen LogP contribution in [0.5, 0.6) is 5.75 Å². The number of aromatic nitrogens is 2. The normalized spacial score (nSPS) is 11.4. The number of nitrogens with zero attached hydrogens (tertiary/aromatic N) is 1. The molecule has 0 amide bonds. The van der Waals surface area contributed by atoms with Crippen LogP contribution >= 0.6 is 11.6 Å². The Bertz CT molecular complexity index is 670. The van der Waals surface area contributed by atoms with Crippen LogP contribution in [0.4, 0.5) is 13.2 Å². The highest BCUT2D eigenvalue weighted by molar-refractivity contribution is 6.16. The van der Waals surface area contributed by atoms with Gasteiger partial charge in [0.05, 0.1) is 11.6 Å². The molecule has 0 spiro atoms. The zero-order valence-corrected chi connectivity index (χ0v) is 10.6. The van der Waals surface area contributed by atoms with Crippen molar-refractivity contribution in [2.45, 2.75) is 12.2 Å². The van der Waals surface area contributed by atoms with E-state index in [1.54, 1.807) is 0 Å². The molecular formula is C12H8ClF3N2O2. The second-order valence-corrected chi connectivity index (χ2v) is 4.06. The predicted octanol–water partition coefficient (Wildman–Crippen LogP) is 3.07. The number of H-pyrrole nitrogens is 1. The molecule has 2 aromatic rings. The molecule has 2 rings (SSSR count). The van der Waals surface area contributed by atoms with Crippen molar-refractivity contribution in [2.24, 2.45) is 0 Å². The Kier molecular flexibility index (Phi) is 3.99. The van der Waals surface area contributed by atoms with Gasteiger partial charge >= 0.3 is 6.36 Å². The fraction of sp³-hybridized carbons (Fsp3) is 0.167. The number of nitrogens with one attached hydrogen (secondary N) is 1. The summed E-state index contributed by atoms with van der Waals surface area (Å²) in [4.78, 5) is 17.9. The maximum Gasteiger partial charge on any atom is 0.573 e. The topological polar surface area (TPSA) is 55.0 Å². The van der Waals surface area contributed by atoms with Crippen LogP contribution in [-0.4, -0.2) is 16.3 Å². The molecule has 0 atom stereocenters. The average Bonchev–Trinajstić information content (AvgIpc) is 2.36. The second-order valence-electron chi connectivity index (χ2n) is 3.79. The Labute approximate surface area is 116 Å². The minimum atomic E-state index is -4.78. The van der Waals surface area contributed by atoms with Crippen LogP contribution in [0.1, 0.15) is 5.69 Å². The highest BCUT2D eigenvalue weighted by Crippen LogP contribution is 2.26. The third kappa shape index (κ3) is 3.74. The van der Waals surface area contributed by atoms with Crippen molar-refractivity contribution < 1.29 is 17.9 Å². The largest absolute Gasteiger partial charge is 0.573 e. The smallest absolute Gasteiger partial charge is 0.406 e. The Hall–Kier alpha value is -2.02. The molecule has 1 N–H and O–H groups in total. The summed E-state index contributed by atoms with van der Waals surface area (Å²) >= 11 is 5.59. The number of halogens is 4. The monoisotopic (exact) mass is 304 g/mol. The van der Waals surface area contributed by atoms with Crippen LogP contribution < -0.4 is 10.3 Å². The third-order valence-corrected chi connectivity index (χ3v) is 2.55. The fourth-order valence-corrected chi connectivity index (χ4v) is 1.69. The summed E-state index contributed by atoms with van der Waals surface area (Å²) < 4.78 is 40.2. The van der Waals surface area contributed by atoms with E-state index < -0.39 is 17.7 Å². The molecule has 0 bridgehead atoms. The molecule has 1 aromatic carbocycles. The van der Waals surface area contributed by atoms with Crippen LogP contribution in [0.25, 0.3) is 11.4 Å². The van der Waals surface area contributed by atoms with E-state index in [0.29, 0.717) is 5.69 Å². The summed E-state index contributed by atoms with van der Waals surface area (Å²) in [5.41, 5.74) is 0.177. The minimum Gasteiger partial charge on any atom is -0.406 e. The van der Waals surface area contributed by atoms with Crippen molar-refractivity contribution in [1.29, 1.82) is 0 Å². The summed E-state index contributed by atoms with van der Waals surface area (Å²) in [6.45, 7) is 0. The van der Waals surface area contributed by atoms with Crippen molar-refractivity contribution >= 4 is 11.6 Å². The lowest BCUT2D eigenvalue weighted by Gasteiger charge is -2.10. The van der Waals surface area contributed by atoms with Crippen molar-refractivity contribution in [2.75, 3.05) is 0 Å². The van der Waals surface area contributed by atoms with Gasteiger partial charge in [0, 0.05) is 11.6 Å². The van der Waals surface area contributed by atoms with Gasteiger partial charge in [-0.15, -0.1) is 24.8 Å². The van der Waals surface area contributed by atoms with E-state index in [-0.39, 0.29) is 17.3 Å². The number of ether oxygens (including phenoxy) is 1. The Balaban J connectivity index is 2.40. The Morgan fingerprint density at radius 2 is 2.05 bits per heavy atom. The molecule has 0 fully saturated rings. The molecule has 20 heavy (non-hydrogen) atoms. The maximum absolute atomic E-state index is 12.1. The quantitative estimate of drug-likeness (QED) is 0.887. The standard InChI is InChI=1S/C12H8ClF3N2O2/c13-6-8-5-10(19)18-11(17-8)7-2-1-3-9(4-7)20-12(14,15)16/h1-5H,6H2,(H,17,18,19). The molecule has 0 saturated heterocycles. The van der Waals surface area contributed by atoms with E-state index in [2.05, 4.69) is 14.7 Å². The van der Waals surface area contributed by atoms with Crippen molar-refractivity contribution in [3.8, 4) is 17.1 Å². The highest BCUT2D eigenvalue weighted by Gasteiger charge is 2.31. The summed E-state index contributed by atoms with van der Waals surface area (Å²) in [7, 11) is 0. The molecule has 4 nitrogen and oxygen atoms in total. The fourth-order valence-electron chi connectivity index (χ4n) is 1.55. The SMILES string of the molecule is O=c1cc(CCl)nc(-c2cccc(OC(F)(F)F)c2)[nH]1. The Morgan fingerprint density at radius 1 is 1.30 bits per heavy atom. The highest BCUT2D eigenvalue weighted by atomic mass is 35.5. The predicted molar refractivity (Wildman–Crippen MR) is 66.5 cm³/mol. The lowest BCUT2D eigenvalue weighted by Crippen LogP contribution is -2.17. The molecule has 0 aliphatic carbocycles. The van der Waals surface area contributed by atoms with Gasteiger partial charge in [-0.1, -0.05) is 12.1 Å². The third-order valence-electron chi connectivity index (χ3n) is 2.27. The van der Waals surface area contributed by atoms with Crippen molar-refractivity contribution in [1.82, 2.24) is 9.97 Å². The Morgan fingerprint density at radius 3 is 2.70 bits per heavy atom. The van der Waals surface area contributed by atoms with Crippen LogP contribution in [0, 0.1) is 0 Å². The summed E-state index contributed by atoms with van der Waals surface area (Å²) in [6, 6.07) is 6.36. The van der Waals surface area contributed by atoms with E-state index in [4.69, 9.17) is 11.6 Å². The van der Waals surface area contributed by atoms with Gasteiger partial charge in [-0.25, -0.2) is 4.98 Å². The van der Waals surface area contributed by atoms with Crippen molar-refractivity contribution in [3.05, 3.63) is 46.4 Å². The van der Waals surface area contributed by atoms with E-state index >= 15 is 0 Å². The average molecular weight is 305 g/mol. The van der Waals surface area contributed by atoms with E-state index in [9.17, 15) is 18.0 Å². The van der Waals surface area contributed by atoms with Gasteiger partial charge in [0.1, 0.15) is 11.6 Å². The summed E-state index contributed by atoms with van der Waals surface area (Å²) in [6.07, 6.45) is -4.78. The van der Waals surface area contributed by atoms with Gasteiger partial charge in [0.25, 0.3) is 5.56 Å². The van der Waals surface area contributed by atoms with Gasteiger partial charge in [0.2, 0.25) is 0 Å². The molecule has 8 heteroatoms. The number of benzene rings is 1. The molecule has 1 aromatic heterocycles. The van der Waals surface area contributed by atoms with Gasteiger partial charge in [-0.3, -0.25) is 4.79 Å². The summed E-state index contributed by atoms with van der Waals surface area (Å²) in [5, 5.41) is 0. The first-order valence-electron chi connectivity index (χ1n) is 5.40. The molecule has 0 unspecified atom stereocenters. The van der Waals surface area contributed by atoms with E-state index in [1.165, 1.54) is 18.2 Å². The van der Waals surface area contributed by atoms with Crippen LogP contribution in [0.2, 0.25) is 0 Å². The molecule has 0 aliphatic heterocycles. The lowest BCUT2D eigenvalue weighted by molar-refractivity contribution is -0.274. The maximum atomic E-state index is 12.1. The minimum absolute atomic E-state index is 0.0235. The number of aromatic amines is 1. The van der Waals surface area contributed by atoms with Gasteiger partial charge in [-0.2, -0.15) is 0 Å². The van der Waals surface area contributed by atoms with Crippen LogP contribution in [-0.2, 0) is 5.88 Å². The van der Waals surface area contributed by atoms with Gasteiger partial charge in [0.15, 0.2) is 0 Å². The van der Waals surface area contributed by atoms with E-state index in [0.717, 1.165) is 12.1 Å². The molecule has 0 saturated carbocycles. The molecule has 106 valence electrons. The zero-order chi connectivity index (χ0) is 14.8. The zero-order valence-electron chi connectivity index (χ0n) is 9.87. The molecule has 1 heterocycles. The first kappa shape index (κ1) is 14.4. The first-order valence-corrected chi connectivity index (χ1v) is 5.93.